The molecule has 0 radical (unpaired) electrons. The van der Waals surface area contributed by atoms with Crippen molar-refractivity contribution < 1.29 is 27.4 Å². The predicted octanol–water partition coefficient (Wildman–Crippen LogP) is 3.93. The van der Waals surface area contributed by atoms with Crippen molar-refractivity contribution in [1.82, 2.24) is 4.90 Å². The molecule has 4 nitrogen and oxygen atoms in total. The molecule has 0 spiro atoms. The number of carbonyl (C=O) groups is 1. The molecule has 1 aliphatic rings. The number of ether oxygens (including phenoxy) is 2. The third-order valence-electron chi connectivity index (χ3n) is 4.34. The highest BCUT2D eigenvalue weighted by molar-refractivity contribution is 5.94. The van der Waals surface area contributed by atoms with Crippen molar-refractivity contribution in [1.29, 1.82) is 0 Å². The Balaban J connectivity index is 1.58. The molecule has 144 valence electrons. The van der Waals surface area contributed by atoms with Gasteiger partial charge in [-0.15, -0.1) is 0 Å². The van der Waals surface area contributed by atoms with Gasteiger partial charge < -0.3 is 14.4 Å². The van der Waals surface area contributed by atoms with Gasteiger partial charge >= 0.3 is 6.18 Å². The van der Waals surface area contributed by atoms with Crippen LogP contribution in [-0.2, 0) is 10.9 Å². The van der Waals surface area contributed by atoms with Gasteiger partial charge in [-0.05, 0) is 43.3 Å². The normalized spacial score (nSPS) is 17.6. The summed E-state index contributed by atoms with van der Waals surface area (Å²) < 4.78 is 49.3. The maximum atomic E-state index is 12.6. The van der Waals surface area contributed by atoms with Crippen molar-refractivity contribution in [2.45, 2.75) is 19.2 Å². The Labute approximate surface area is 155 Å². The van der Waals surface area contributed by atoms with E-state index in [0.29, 0.717) is 26.3 Å². The molecule has 7 heteroatoms. The van der Waals surface area contributed by atoms with Gasteiger partial charge in [-0.25, -0.2) is 0 Å². The number of hydrogen-bond acceptors (Lipinski definition) is 3. The van der Waals surface area contributed by atoms with Gasteiger partial charge in [0.15, 0.2) is 0 Å². The molecule has 0 aromatic heterocycles. The van der Waals surface area contributed by atoms with E-state index in [-0.39, 0.29) is 17.6 Å². The lowest BCUT2D eigenvalue weighted by Gasteiger charge is -2.33. The predicted molar refractivity (Wildman–Crippen MR) is 93.8 cm³/mol. The Morgan fingerprint density at radius 1 is 1.15 bits per heavy atom. The van der Waals surface area contributed by atoms with Gasteiger partial charge in [0.25, 0.3) is 5.91 Å². The number of aryl methyl sites for hydroxylation is 1. The van der Waals surface area contributed by atoms with Crippen LogP contribution in [0.25, 0.3) is 0 Å². The summed E-state index contributed by atoms with van der Waals surface area (Å²) in [4.78, 5) is 14.1. The van der Waals surface area contributed by atoms with Gasteiger partial charge in [0.1, 0.15) is 18.5 Å². The van der Waals surface area contributed by atoms with Crippen LogP contribution in [0, 0.1) is 6.92 Å². The summed E-state index contributed by atoms with van der Waals surface area (Å²) in [5.74, 6) is 0.405. The van der Waals surface area contributed by atoms with Crippen LogP contribution in [0.5, 0.6) is 5.75 Å². The molecule has 1 atom stereocenters. The van der Waals surface area contributed by atoms with Crippen LogP contribution in [0.3, 0.4) is 0 Å². The monoisotopic (exact) mass is 379 g/mol. The number of hydrogen-bond donors (Lipinski definition) is 0. The third kappa shape index (κ3) is 5.01. The molecule has 3 rings (SSSR count). The van der Waals surface area contributed by atoms with Crippen molar-refractivity contribution >= 4 is 5.91 Å². The molecule has 0 saturated carbocycles. The second-order valence-electron chi connectivity index (χ2n) is 6.44. The van der Waals surface area contributed by atoms with Crippen molar-refractivity contribution in [3.05, 3.63) is 65.2 Å². The van der Waals surface area contributed by atoms with E-state index in [0.717, 1.165) is 23.4 Å². The van der Waals surface area contributed by atoms with Crippen LogP contribution in [0.1, 0.15) is 21.5 Å². The SMILES string of the molecule is Cc1ccc(OC[C@H]2CN(C(=O)c3ccc(C(F)(F)F)cc3)CCO2)cc1. The molecule has 0 N–H and O–H groups in total. The number of amides is 1. The Morgan fingerprint density at radius 2 is 1.81 bits per heavy atom. The van der Waals surface area contributed by atoms with E-state index in [4.69, 9.17) is 9.47 Å². The van der Waals surface area contributed by atoms with Crippen LogP contribution >= 0.6 is 0 Å². The summed E-state index contributed by atoms with van der Waals surface area (Å²) in [5, 5.41) is 0. The third-order valence-corrected chi connectivity index (χ3v) is 4.34. The maximum Gasteiger partial charge on any atom is 0.416 e. The van der Waals surface area contributed by atoms with E-state index in [2.05, 4.69) is 0 Å². The summed E-state index contributed by atoms with van der Waals surface area (Å²) in [6, 6.07) is 11.9. The molecule has 1 saturated heterocycles. The number of nitrogens with zero attached hydrogens (tertiary/aromatic N) is 1. The van der Waals surface area contributed by atoms with Crippen molar-refractivity contribution in [3.8, 4) is 5.75 Å². The Kier molecular flexibility index (Phi) is 5.70. The van der Waals surface area contributed by atoms with E-state index in [1.807, 2.05) is 31.2 Å². The standard InChI is InChI=1S/C20H20F3NO3/c1-14-2-8-17(9-3-14)27-13-18-12-24(10-11-26-18)19(25)15-4-6-16(7-5-15)20(21,22)23/h2-9,18H,10-13H2,1H3/t18-/m1/s1. The molecule has 0 unspecified atom stereocenters. The van der Waals surface area contributed by atoms with Crippen LogP contribution in [-0.4, -0.2) is 43.2 Å². The summed E-state index contributed by atoms with van der Waals surface area (Å²) in [7, 11) is 0. The molecule has 1 heterocycles. The summed E-state index contributed by atoms with van der Waals surface area (Å²) in [6.07, 6.45) is -4.71. The highest BCUT2D eigenvalue weighted by atomic mass is 19.4. The van der Waals surface area contributed by atoms with E-state index < -0.39 is 11.7 Å². The minimum Gasteiger partial charge on any atom is -0.491 e. The minimum absolute atomic E-state index is 0.225. The fraction of sp³-hybridized carbons (Fsp3) is 0.350. The molecular formula is C20H20F3NO3. The van der Waals surface area contributed by atoms with E-state index in [1.54, 1.807) is 4.90 Å². The first-order valence-corrected chi connectivity index (χ1v) is 8.60. The first kappa shape index (κ1) is 19.2. The molecule has 1 amide bonds. The van der Waals surface area contributed by atoms with Crippen LogP contribution in [0.2, 0.25) is 0 Å². The maximum absolute atomic E-state index is 12.6. The lowest BCUT2D eigenvalue weighted by atomic mass is 10.1. The number of alkyl halides is 3. The van der Waals surface area contributed by atoms with Crippen molar-refractivity contribution in [3.63, 3.8) is 0 Å². The second kappa shape index (κ2) is 8.00. The van der Waals surface area contributed by atoms with Crippen LogP contribution < -0.4 is 4.74 Å². The van der Waals surface area contributed by atoms with Crippen molar-refractivity contribution in [2.75, 3.05) is 26.3 Å². The topological polar surface area (TPSA) is 38.8 Å². The zero-order valence-electron chi connectivity index (χ0n) is 14.8. The molecule has 0 aliphatic carbocycles. The Morgan fingerprint density at radius 3 is 2.44 bits per heavy atom. The van der Waals surface area contributed by atoms with E-state index >= 15 is 0 Å². The zero-order chi connectivity index (χ0) is 19.4. The lowest BCUT2D eigenvalue weighted by molar-refractivity contribution is -0.137. The molecule has 2 aromatic rings. The number of benzene rings is 2. The summed E-state index contributed by atoms with van der Waals surface area (Å²) in [5.41, 5.74) is 0.582. The van der Waals surface area contributed by atoms with E-state index in [1.165, 1.54) is 12.1 Å². The molecular weight excluding hydrogens is 359 g/mol. The van der Waals surface area contributed by atoms with Crippen LogP contribution in [0.4, 0.5) is 13.2 Å². The molecule has 1 fully saturated rings. The average Bonchev–Trinajstić information content (AvgIpc) is 2.67. The number of morpholine rings is 1. The van der Waals surface area contributed by atoms with Gasteiger partial charge in [0.05, 0.1) is 18.7 Å². The highest BCUT2D eigenvalue weighted by Crippen LogP contribution is 2.29. The lowest BCUT2D eigenvalue weighted by Crippen LogP contribution is -2.47. The first-order chi connectivity index (χ1) is 12.8. The van der Waals surface area contributed by atoms with Gasteiger partial charge in [0, 0.05) is 12.1 Å². The van der Waals surface area contributed by atoms with Gasteiger partial charge in [0.2, 0.25) is 0 Å². The highest BCUT2D eigenvalue weighted by Gasteiger charge is 2.31. The molecule has 27 heavy (non-hydrogen) atoms. The molecule has 2 aromatic carbocycles. The molecule has 1 aliphatic heterocycles. The van der Waals surface area contributed by atoms with Crippen molar-refractivity contribution in [2.24, 2.45) is 0 Å². The van der Waals surface area contributed by atoms with Gasteiger partial charge in [-0.3, -0.25) is 4.79 Å². The van der Waals surface area contributed by atoms with Gasteiger partial charge in [-0.1, -0.05) is 17.7 Å². The minimum atomic E-state index is -4.42. The smallest absolute Gasteiger partial charge is 0.416 e. The summed E-state index contributed by atoms with van der Waals surface area (Å²) in [6.45, 7) is 3.35. The first-order valence-electron chi connectivity index (χ1n) is 8.60. The zero-order valence-corrected chi connectivity index (χ0v) is 14.8. The largest absolute Gasteiger partial charge is 0.491 e. The quantitative estimate of drug-likeness (QED) is 0.808. The fourth-order valence-corrected chi connectivity index (χ4v) is 2.81. The second-order valence-corrected chi connectivity index (χ2v) is 6.44. The average molecular weight is 379 g/mol. The Hall–Kier alpha value is -2.54. The summed E-state index contributed by atoms with van der Waals surface area (Å²) >= 11 is 0. The van der Waals surface area contributed by atoms with Gasteiger partial charge in [-0.2, -0.15) is 13.2 Å². The van der Waals surface area contributed by atoms with E-state index in [9.17, 15) is 18.0 Å². The van der Waals surface area contributed by atoms with Crippen LogP contribution in [0.15, 0.2) is 48.5 Å². The number of halogens is 3. The molecule has 0 bridgehead atoms. The number of rotatable bonds is 4. The fourth-order valence-electron chi connectivity index (χ4n) is 2.81. The number of carbonyl (C=O) groups excluding carboxylic acids is 1. The Bertz CT molecular complexity index is 773.